The lowest BCUT2D eigenvalue weighted by atomic mass is 10.1. The summed E-state index contributed by atoms with van der Waals surface area (Å²) in [6.07, 6.45) is 0. The molecule has 76 valence electrons. The zero-order valence-electron chi connectivity index (χ0n) is 8.60. The highest BCUT2D eigenvalue weighted by atomic mass is 35.5. The molecule has 14 heavy (non-hydrogen) atoms. The van der Waals surface area contributed by atoms with Gasteiger partial charge in [-0.2, -0.15) is 0 Å². The fraction of sp³-hybridized carbons (Fsp3) is 0.364. The van der Waals surface area contributed by atoms with E-state index < -0.39 is 0 Å². The van der Waals surface area contributed by atoms with E-state index in [1.807, 2.05) is 20.8 Å². The Labute approximate surface area is 89.3 Å². The second-order valence-corrected chi connectivity index (χ2v) is 4.59. The molecule has 0 fully saturated rings. The standard InChI is InChI=1S/C11H14ClNO/c1-11(2,3)13-10(14)8-6-4-5-7-9(8)12/h4-7H,1-3H3,(H,13,14). The van der Waals surface area contributed by atoms with E-state index >= 15 is 0 Å². The molecule has 0 saturated heterocycles. The van der Waals surface area contributed by atoms with E-state index in [9.17, 15) is 4.79 Å². The van der Waals surface area contributed by atoms with Gasteiger partial charge in [0.25, 0.3) is 5.91 Å². The summed E-state index contributed by atoms with van der Waals surface area (Å²) in [5, 5.41) is 3.33. The molecule has 0 atom stereocenters. The third kappa shape index (κ3) is 3.04. The van der Waals surface area contributed by atoms with Gasteiger partial charge >= 0.3 is 0 Å². The summed E-state index contributed by atoms with van der Waals surface area (Å²) in [7, 11) is 0. The quantitative estimate of drug-likeness (QED) is 0.761. The molecule has 0 aromatic heterocycles. The van der Waals surface area contributed by atoms with E-state index in [1.165, 1.54) is 0 Å². The van der Waals surface area contributed by atoms with E-state index in [1.54, 1.807) is 24.3 Å². The molecule has 1 N–H and O–H groups in total. The monoisotopic (exact) mass is 211 g/mol. The molecule has 0 radical (unpaired) electrons. The molecule has 0 aliphatic carbocycles. The maximum Gasteiger partial charge on any atom is 0.253 e. The molecule has 1 rings (SSSR count). The van der Waals surface area contributed by atoms with Crippen LogP contribution >= 0.6 is 11.6 Å². The minimum absolute atomic E-state index is 0.136. The van der Waals surface area contributed by atoms with Crippen molar-refractivity contribution in [1.29, 1.82) is 0 Å². The van der Waals surface area contributed by atoms with Gasteiger partial charge in [-0.05, 0) is 32.9 Å². The summed E-state index contributed by atoms with van der Waals surface area (Å²) >= 11 is 5.89. The Hall–Kier alpha value is -1.02. The maximum atomic E-state index is 11.7. The van der Waals surface area contributed by atoms with Crippen molar-refractivity contribution < 1.29 is 4.79 Å². The molecule has 0 heterocycles. The van der Waals surface area contributed by atoms with Crippen molar-refractivity contribution in [3.05, 3.63) is 34.9 Å². The van der Waals surface area contributed by atoms with Crippen LogP contribution in [0.1, 0.15) is 31.1 Å². The van der Waals surface area contributed by atoms with Gasteiger partial charge in [0.05, 0.1) is 10.6 Å². The summed E-state index contributed by atoms with van der Waals surface area (Å²) in [5.74, 6) is -0.136. The van der Waals surface area contributed by atoms with E-state index in [-0.39, 0.29) is 11.4 Å². The normalized spacial score (nSPS) is 11.1. The van der Waals surface area contributed by atoms with Gasteiger partial charge in [0.1, 0.15) is 0 Å². The van der Waals surface area contributed by atoms with Crippen molar-refractivity contribution in [2.75, 3.05) is 0 Å². The zero-order valence-corrected chi connectivity index (χ0v) is 9.35. The van der Waals surface area contributed by atoms with Gasteiger partial charge in [-0.15, -0.1) is 0 Å². The van der Waals surface area contributed by atoms with Crippen molar-refractivity contribution in [1.82, 2.24) is 5.32 Å². The van der Waals surface area contributed by atoms with Crippen LogP contribution in [0.4, 0.5) is 0 Å². The lowest BCUT2D eigenvalue weighted by Gasteiger charge is -2.20. The predicted octanol–water partition coefficient (Wildman–Crippen LogP) is 2.87. The number of benzene rings is 1. The van der Waals surface area contributed by atoms with Crippen LogP contribution in [-0.4, -0.2) is 11.4 Å². The van der Waals surface area contributed by atoms with Gasteiger partial charge in [0, 0.05) is 5.54 Å². The number of halogens is 1. The average Bonchev–Trinajstić information content (AvgIpc) is 2.01. The molecule has 0 aliphatic rings. The van der Waals surface area contributed by atoms with Crippen molar-refractivity contribution in [2.24, 2.45) is 0 Å². The fourth-order valence-electron chi connectivity index (χ4n) is 1.05. The maximum absolute atomic E-state index is 11.7. The summed E-state index contributed by atoms with van der Waals surface area (Å²) in [4.78, 5) is 11.7. The average molecular weight is 212 g/mol. The first kappa shape index (κ1) is 11.1. The Balaban J connectivity index is 2.86. The summed E-state index contributed by atoms with van der Waals surface area (Å²) in [5.41, 5.74) is 0.278. The van der Waals surface area contributed by atoms with Gasteiger partial charge in [-0.25, -0.2) is 0 Å². The lowest BCUT2D eigenvalue weighted by molar-refractivity contribution is 0.0919. The third-order valence-electron chi connectivity index (χ3n) is 1.61. The van der Waals surface area contributed by atoms with Crippen LogP contribution in [0.2, 0.25) is 5.02 Å². The number of amides is 1. The number of nitrogens with one attached hydrogen (secondary N) is 1. The van der Waals surface area contributed by atoms with Gasteiger partial charge in [-0.1, -0.05) is 23.7 Å². The second kappa shape index (κ2) is 4.01. The Morgan fingerprint density at radius 2 is 1.86 bits per heavy atom. The molecule has 0 spiro atoms. The Bertz CT molecular complexity index is 341. The highest BCUT2D eigenvalue weighted by Crippen LogP contribution is 2.15. The topological polar surface area (TPSA) is 29.1 Å². The molecule has 0 unspecified atom stereocenters. The van der Waals surface area contributed by atoms with Crippen LogP contribution in [0.3, 0.4) is 0 Å². The number of hydrogen-bond donors (Lipinski definition) is 1. The van der Waals surface area contributed by atoms with Crippen LogP contribution < -0.4 is 5.32 Å². The molecular weight excluding hydrogens is 198 g/mol. The first-order valence-electron chi connectivity index (χ1n) is 4.47. The van der Waals surface area contributed by atoms with Gasteiger partial charge in [0.15, 0.2) is 0 Å². The van der Waals surface area contributed by atoms with E-state index in [2.05, 4.69) is 5.32 Å². The minimum atomic E-state index is -0.240. The van der Waals surface area contributed by atoms with Gasteiger partial charge in [-0.3, -0.25) is 4.79 Å². The van der Waals surface area contributed by atoms with Crippen LogP contribution in [0.5, 0.6) is 0 Å². The van der Waals surface area contributed by atoms with Crippen molar-refractivity contribution in [3.63, 3.8) is 0 Å². The first-order valence-corrected chi connectivity index (χ1v) is 4.85. The van der Waals surface area contributed by atoms with Gasteiger partial charge in [0.2, 0.25) is 0 Å². The third-order valence-corrected chi connectivity index (χ3v) is 1.94. The number of rotatable bonds is 1. The van der Waals surface area contributed by atoms with Crippen LogP contribution in [0, 0.1) is 0 Å². The largest absolute Gasteiger partial charge is 0.347 e. The van der Waals surface area contributed by atoms with Gasteiger partial charge < -0.3 is 5.32 Å². The molecule has 3 heteroatoms. The molecule has 0 bridgehead atoms. The molecule has 1 aromatic carbocycles. The molecule has 1 amide bonds. The minimum Gasteiger partial charge on any atom is -0.347 e. The molecule has 1 aromatic rings. The number of carbonyl (C=O) groups is 1. The predicted molar refractivity (Wildman–Crippen MR) is 58.7 cm³/mol. The Morgan fingerprint density at radius 1 is 1.29 bits per heavy atom. The zero-order chi connectivity index (χ0) is 10.8. The Kier molecular flexibility index (Phi) is 3.17. The highest BCUT2D eigenvalue weighted by molar-refractivity contribution is 6.33. The van der Waals surface area contributed by atoms with E-state index in [0.717, 1.165) is 0 Å². The van der Waals surface area contributed by atoms with Crippen LogP contribution in [0.25, 0.3) is 0 Å². The molecule has 2 nitrogen and oxygen atoms in total. The van der Waals surface area contributed by atoms with E-state index in [4.69, 9.17) is 11.6 Å². The number of carbonyl (C=O) groups excluding carboxylic acids is 1. The van der Waals surface area contributed by atoms with E-state index in [0.29, 0.717) is 10.6 Å². The molecular formula is C11H14ClNO. The molecule has 0 aliphatic heterocycles. The second-order valence-electron chi connectivity index (χ2n) is 4.18. The van der Waals surface area contributed by atoms with Crippen molar-refractivity contribution in [2.45, 2.75) is 26.3 Å². The summed E-state index contributed by atoms with van der Waals surface area (Å²) in [6, 6.07) is 7.02. The van der Waals surface area contributed by atoms with Crippen molar-refractivity contribution >= 4 is 17.5 Å². The summed E-state index contributed by atoms with van der Waals surface area (Å²) < 4.78 is 0. The number of hydrogen-bond acceptors (Lipinski definition) is 1. The molecule has 0 saturated carbocycles. The highest BCUT2D eigenvalue weighted by Gasteiger charge is 2.16. The first-order chi connectivity index (χ1) is 6.40. The fourth-order valence-corrected chi connectivity index (χ4v) is 1.27. The van der Waals surface area contributed by atoms with Crippen LogP contribution in [-0.2, 0) is 0 Å². The van der Waals surface area contributed by atoms with Crippen LogP contribution in [0.15, 0.2) is 24.3 Å². The Morgan fingerprint density at radius 3 is 2.36 bits per heavy atom. The SMILES string of the molecule is CC(C)(C)NC(=O)c1ccccc1Cl. The smallest absolute Gasteiger partial charge is 0.253 e. The van der Waals surface area contributed by atoms with Crippen molar-refractivity contribution in [3.8, 4) is 0 Å². The summed E-state index contributed by atoms with van der Waals surface area (Å²) in [6.45, 7) is 5.80. The lowest BCUT2D eigenvalue weighted by Crippen LogP contribution is -2.40.